The maximum atomic E-state index is 12.4. The molecule has 1 amide bonds. The smallest absolute Gasteiger partial charge is 0.340 e. The standard InChI is InChI=1S/C19H20BrNO3/c1-4-14-9-7-8-12(2)17(14)21-18(22)13(3)24-19(23)15-10-5-6-11-16(15)20/h5-11,13H,4H2,1-3H3,(H,21,22)/t13-/m0/s1. The van der Waals surface area contributed by atoms with Gasteiger partial charge in [-0.1, -0.05) is 37.3 Å². The van der Waals surface area contributed by atoms with E-state index in [1.807, 2.05) is 38.1 Å². The molecule has 0 saturated carbocycles. The third-order valence-electron chi connectivity index (χ3n) is 3.73. The molecule has 126 valence electrons. The van der Waals surface area contributed by atoms with Crippen molar-refractivity contribution >= 4 is 33.5 Å². The average molecular weight is 390 g/mol. The van der Waals surface area contributed by atoms with Crippen molar-refractivity contribution in [1.82, 2.24) is 0 Å². The monoisotopic (exact) mass is 389 g/mol. The normalized spacial score (nSPS) is 11.7. The Hall–Kier alpha value is -2.14. The number of amides is 1. The van der Waals surface area contributed by atoms with E-state index in [1.54, 1.807) is 25.1 Å². The van der Waals surface area contributed by atoms with Crippen LogP contribution in [0.15, 0.2) is 46.9 Å². The van der Waals surface area contributed by atoms with Crippen molar-refractivity contribution in [3.05, 3.63) is 63.6 Å². The van der Waals surface area contributed by atoms with E-state index >= 15 is 0 Å². The maximum Gasteiger partial charge on any atom is 0.340 e. The van der Waals surface area contributed by atoms with Gasteiger partial charge in [-0.25, -0.2) is 4.79 Å². The third-order valence-corrected chi connectivity index (χ3v) is 4.43. The van der Waals surface area contributed by atoms with Crippen molar-refractivity contribution in [2.75, 3.05) is 5.32 Å². The number of carbonyl (C=O) groups is 2. The Morgan fingerprint density at radius 3 is 2.54 bits per heavy atom. The molecule has 0 saturated heterocycles. The highest BCUT2D eigenvalue weighted by atomic mass is 79.9. The van der Waals surface area contributed by atoms with Gasteiger partial charge in [-0.15, -0.1) is 0 Å². The molecule has 0 bridgehead atoms. The van der Waals surface area contributed by atoms with E-state index in [-0.39, 0.29) is 5.91 Å². The van der Waals surface area contributed by atoms with Crippen LogP contribution in [-0.2, 0) is 16.0 Å². The van der Waals surface area contributed by atoms with Gasteiger partial charge in [0.2, 0.25) is 0 Å². The molecule has 0 radical (unpaired) electrons. The van der Waals surface area contributed by atoms with E-state index in [9.17, 15) is 9.59 Å². The fourth-order valence-electron chi connectivity index (χ4n) is 2.33. The summed E-state index contributed by atoms with van der Waals surface area (Å²) < 4.78 is 5.92. The first-order valence-corrected chi connectivity index (χ1v) is 8.58. The van der Waals surface area contributed by atoms with Gasteiger partial charge in [0.25, 0.3) is 5.91 Å². The highest BCUT2D eigenvalue weighted by molar-refractivity contribution is 9.10. The average Bonchev–Trinajstić information content (AvgIpc) is 2.56. The Morgan fingerprint density at radius 1 is 1.17 bits per heavy atom. The van der Waals surface area contributed by atoms with Crippen LogP contribution < -0.4 is 5.32 Å². The summed E-state index contributed by atoms with van der Waals surface area (Å²) in [5.74, 6) is -0.884. The van der Waals surface area contributed by atoms with Crippen LogP contribution in [0.5, 0.6) is 0 Å². The molecule has 2 aromatic rings. The zero-order valence-corrected chi connectivity index (χ0v) is 15.5. The summed E-state index contributed by atoms with van der Waals surface area (Å²) in [4.78, 5) is 24.6. The number of aryl methyl sites for hydroxylation is 2. The summed E-state index contributed by atoms with van der Waals surface area (Å²) in [6.07, 6.45) is -0.0866. The van der Waals surface area contributed by atoms with Crippen molar-refractivity contribution in [3.63, 3.8) is 0 Å². The number of hydrogen-bond acceptors (Lipinski definition) is 3. The molecule has 2 rings (SSSR count). The molecule has 4 nitrogen and oxygen atoms in total. The molecular formula is C19H20BrNO3. The van der Waals surface area contributed by atoms with Crippen LogP contribution in [0.3, 0.4) is 0 Å². The maximum absolute atomic E-state index is 12.4. The largest absolute Gasteiger partial charge is 0.449 e. The number of hydrogen-bond donors (Lipinski definition) is 1. The molecule has 0 spiro atoms. The van der Waals surface area contributed by atoms with Crippen LogP contribution in [0.1, 0.15) is 35.3 Å². The summed E-state index contributed by atoms with van der Waals surface area (Å²) in [6, 6.07) is 12.8. The van der Waals surface area contributed by atoms with E-state index in [1.165, 1.54) is 0 Å². The summed E-state index contributed by atoms with van der Waals surface area (Å²) >= 11 is 3.30. The molecule has 0 fully saturated rings. The van der Waals surface area contributed by atoms with Crippen molar-refractivity contribution in [1.29, 1.82) is 0 Å². The number of rotatable bonds is 5. The molecule has 0 aliphatic carbocycles. The van der Waals surface area contributed by atoms with Crippen molar-refractivity contribution in [2.45, 2.75) is 33.3 Å². The zero-order chi connectivity index (χ0) is 17.7. The summed E-state index contributed by atoms with van der Waals surface area (Å²) in [5, 5.41) is 2.87. The lowest BCUT2D eigenvalue weighted by Gasteiger charge is -2.17. The highest BCUT2D eigenvalue weighted by Crippen LogP contribution is 2.22. The number of anilines is 1. The fraction of sp³-hybridized carbons (Fsp3) is 0.263. The summed E-state index contributed by atoms with van der Waals surface area (Å²) in [6.45, 7) is 5.53. The van der Waals surface area contributed by atoms with Gasteiger partial charge < -0.3 is 10.1 Å². The van der Waals surface area contributed by atoms with Crippen LogP contribution in [0.2, 0.25) is 0 Å². The lowest BCUT2D eigenvalue weighted by Crippen LogP contribution is -2.30. The van der Waals surface area contributed by atoms with Crippen molar-refractivity contribution in [3.8, 4) is 0 Å². The lowest BCUT2D eigenvalue weighted by atomic mass is 10.1. The number of ether oxygens (including phenoxy) is 1. The highest BCUT2D eigenvalue weighted by Gasteiger charge is 2.21. The van der Waals surface area contributed by atoms with E-state index < -0.39 is 12.1 Å². The van der Waals surface area contributed by atoms with Crippen LogP contribution in [0.25, 0.3) is 0 Å². The quantitative estimate of drug-likeness (QED) is 0.765. The predicted molar refractivity (Wildman–Crippen MR) is 98.2 cm³/mol. The van der Waals surface area contributed by atoms with Crippen LogP contribution in [-0.4, -0.2) is 18.0 Å². The Balaban J connectivity index is 2.08. The number of para-hydroxylation sites is 1. The molecule has 0 aliphatic heterocycles. The Morgan fingerprint density at radius 2 is 1.88 bits per heavy atom. The van der Waals surface area contributed by atoms with Crippen LogP contribution >= 0.6 is 15.9 Å². The minimum atomic E-state index is -0.895. The first-order valence-electron chi connectivity index (χ1n) is 7.79. The first kappa shape index (κ1) is 18.2. The van der Waals surface area contributed by atoms with Crippen LogP contribution in [0, 0.1) is 6.92 Å². The molecule has 24 heavy (non-hydrogen) atoms. The second kappa shape index (κ2) is 8.11. The van der Waals surface area contributed by atoms with Gasteiger partial charge >= 0.3 is 5.97 Å². The fourth-order valence-corrected chi connectivity index (χ4v) is 2.78. The molecule has 0 heterocycles. The van der Waals surface area contributed by atoms with Gasteiger partial charge in [0.05, 0.1) is 5.56 Å². The van der Waals surface area contributed by atoms with E-state index in [0.717, 1.165) is 23.2 Å². The topological polar surface area (TPSA) is 55.4 Å². The minimum absolute atomic E-state index is 0.348. The van der Waals surface area contributed by atoms with Gasteiger partial charge in [0.1, 0.15) is 0 Å². The molecule has 2 aromatic carbocycles. The second-order valence-corrected chi connectivity index (χ2v) is 6.33. The molecule has 0 unspecified atom stereocenters. The number of nitrogens with one attached hydrogen (secondary N) is 1. The van der Waals surface area contributed by atoms with Gasteiger partial charge in [-0.3, -0.25) is 4.79 Å². The number of benzene rings is 2. The van der Waals surface area contributed by atoms with E-state index in [4.69, 9.17) is 4.74 Å². The molecule has 0 aliphatic rings. The Bertz CT molecular complexity index is 758. The van der Waals surface area contributed by atoms with Gasteiger partial charge in [0.15, 0.2) is 6.10 Å². The molecule has 5 heteroatoms. The molecular weight excluding hydrogens is 370 g/mol. The Kier molecular flexibility index (Phi) is 6.15. The molecule has 1 N–H and O–H groups in total. The van der Waals surface area contributed by atoms with Crippen molar-refractivity contribution in [2.24, 2.45) is 0 Å². The van der Waals surface area contributed by atoms with Gasteiger partial charge in [0, 0.05) is 10.2 Å². The van der Waals surface area contributed by atoms with E-state index in [0.29, 0.717) is 10.0 Å². The predicted octanol–water partition coefficient (Wildman–Crippen LogP) is 4.50. The number of halogens is 1. The minimum Gasteiger partial charge on any atom is -0.449 e. The molecule has 1 atom stereocenters. The zero-order valence-electron chi connectivity index (χ0n) is 13.9. The lowest BCUT2D eigenvalue weighted by molar-refractivity contribution is -0.123. The Labute approximate surface area is 150 Å². The summed E-state index contributed by atoms with van der Waals surface area (Å²) in [5.41, 5.74) is 3.20. The first-order chi connectivity index (χ1) is 11.4. The SMILES string of the molecule is CCc1cccc(C)c1NC(=O)[C@H](C)OC(=O)c1ccccc1Br. The number of carbonyl (C=O) groups excluding carboxylic acids is 2. The van der Waals surface area contributed by atoms with Crippen molar-refractivity contribution < 1.29 is 14.3 Å². The molecule has 0 aromatic heterocycles. The van der Waals surface area contributed by atoms with E-state index in [2.05, 4.69) is 21.2 Å². The van der Waals surface area contributed by atoms with Gasteiger partial charge in [-0.05, 0) is 59.5 Å². The summed E-state index contributed by atoms with van der Waals surface area (Å²) in [7, 11) is 0. The number of esters is 1. The second-order valence-electron chi connectivity index (χ2n) is 5.48. The third kappa shape index (κ3) is 4.23. The van der Waals surface area contributed by atoms with Crippen LogP contribution in [0.4, 0.5) is 5.69 Å². The van der Waals surface area contributed by atoms with Gasteiger partial charge in [-0.2, -0.15) is 0 Å².